The summed E-state index contributed by atoms with van der Waals surface area (Å²) >= 11 is 0. The maximum absolute atomic E-state index is 13.1. The lowest BCUT2D eigenvalue weighted by molar-refractivity contribution is 0.0628. The molecule has 1 amide bonds. The van der Waals surface area contributed by atoms with Crippen molar-refractivity contribution in [1.82, 2.24) is 19.2 Å². The van der Waals surface area contributed by atoms with Crippen LogP contribution in [0.15, 0.2) is 36.5 Å². The SMILES string of the molecule is CCc1nc2ccc(C(=O)N3CCN(Cc4ccc5c(c4)OCO5)CC3)cn2c1C. The summed E-state index contributed by atoms with van der Waals surface area (Å²) in [4.78, 5) is 22.0. The quantitative estimate of drug-likeness (QED) is 0.667. The van der Waals surface area contributed by atoms with Crippen LogP contribution in [0.1, 0.15) is 34.2 Å². The van der Waals surface area contributed by atoms with E-state index in [0.29, 0.717) is 6.79 Å². The molecule has 0 radical (unpaired) electrons. The number of hydrogen-bond donors (Lipinski definition) is 0. The third-order valence-corrected chi connectivity index (χ3v) is 6.04. The van der Waals surface area contributed by atoms with Crippen molar-refractivity contribution < 1.29 is 14.3 Å². The Morgan fingerprint density at radius 2 is 1.87 bits per heavy atom. The number of benzene rings is 1. The number of piperazine rings is 1. The number of hydrogen-bond acceptors (Lipinski definition) is 5. The van der Waals surface area contributed by atoms with Crippen LogP contribution in [0.3, 0.4) is 0 Å². The van der Waals surface area contributed by atoms with Gasteiger partial charge in [-0.3, -0.25) is 9.69 Å². The average molecular weight is 406 g/mol. The van der Waals surface area contributed by atoms with E-state index in [1.54, 1.807) is 0 Å². The molecule has 0 unspecified atom stereocenters. The average Bonchev–Trinajstić information content (AvgIpc) is 3.37. The van der Waals surface area contributed by atoms with Gasteiger partial charge in [0.25, 0.3) is 5.91 Å². The summed E-state index contributed by atoms with van der Waals surface area (Å²) in [6, 6.07) is 9.93. The Bertz CT molecular complexity index is 1100. The van der Waals surface area contributed by atoms with Crippen molar-refractivity contribution in [3.63, 3.8) is 0 Å². The van der Waals surface area contributed by atoms with Crippen molar-refractivity contribution in [2.75, 3.05) is 33.0 Å². The van der Waals surface area contributed by atoms with Crippen LogP contribution in [-0.2, 0) is 13.0 Å². The van der Waals surface area contributed by atoms with E-state index in [9.17, 15) is 4.79 Å². The first-order valence-electron chi connectivity index (χ1n) is 10.5. The second-order valence-electron chi connectivity index (χ2n) is 7.90. The molecule has 30 heavy (non-hydrogen) atoms. The monoisotopic (exact) mass is 406 g/mol. The van der Waals surface area contributed by atoms with Gasteiger partial charge in [-0.25, -0.2) is 4.98 Å². The van der Waals surface area contributed by atoms with Crippen molar-refractivity contribution in [2.45, 2.75) is 26.8 Å². The van der Waals surface area contributed by atoms with Gasteiger partial charge in [0.2, 0.25) is 6.79 Å². The molecule has 1 fully saturated rings. The summed E-state index contributed by atoms with van der Waals surface area (Å²) in [5.41, 5.74) is 5.00. The fourth-order valence-corrected chi connectivity index (χ4v) is 4.26. The molecule has 2 aliphatic heterocycles. The molecule has 2 aliphatic rings. The van der Waals surface area contributed by atoms with Crippen LogP contribution in [0, 0.1) is 6.92 Å². The van der Waals surface area contributed by atoms with E-state index in [1.165, 1.54) is 5.56 Å². The highest BCUT2D eigenvalue weighted by molar-refractivity contribution is 5.94. The molecule has 3 aromatic rings. The van der Waals surface area contributed by atoms with Gasteiger partial charge in [-0.1, -0.05) is 13.0 Å². The van der Waals surface area contributed by atoms with Gasteiger partial charge in [0, 0.05) is 44.6 Å². The van der Waals surface area contributed by atoms with Gasteiger partial charge >= 0.3 is 0 Å². The summed E-state index contributed by atoms with van der Waals surface area (Å²) in [6.45, 7) is 8.46. The summed E-state index contributed by atoms with van der Waals surface area (Å²) in [6.07, 6.45) is 2.82. The molecule has 7 heteroatoms. The van der Waals surface area contributed by atoms with Crippen molar-refractivity contribution >= 4 is 11.6 Å². The van der Waals surface area contributed by atoms with Crippen LogP contribution >= 0.6 is 0 Å². The molecule has 1 aromatic carbocycles. The number of amides is 1. The van der Waals surface area contributed by atoms with E-state index in [1.807, 2.05) is 39.8 Å². The summed E-state index contributed by atoms with van der Waals surface area (Å²) in [7, 11) is 0. The highest BCUT2D eigenvalue weighted by atomic mass is 16.7. The standard InChI is InChI=1S/C23H26N4O3/c1-3-19-16(2)27-14-18(5-7-22(27)24-19)23(28)26-10-8-25(9-11-26)13-17-4-6-20-21(12-17)30-15-29-20/h4-7,12,14H,3,8-11,13,15H2,1-2H3. The summed E-state index contributed by atoms with van der Waals surface area (Å²) in [5.74, 6) is 1.72. The fourth-order valence-electron chi connectivity index (χ4n) is 4.26. The lowest BCUT2D eigenvalue weighted by Crippen LogP contribution is -2.48. The zero-order valence-electron chi connectivity index (χ0n) is 17.4. The topological polar surface area (TPSA) is 59.3 Å². The van der Waals surface area contributed by atoms with Gasteiger partial charge < -0.3 is 18.8 Å². The summed E-state index contributed by atoms with van der Waals surface area (Å²) < 4.78 is 12.9. The van der Waals surface area contributed by atoms with Crippen molar-refractivity contribution in [2.24, 2.45) is 0 Å². The smallest absolute Gasteiger partial charge is 0.255 e. The van der Waals surface area contributed by atoms with Crippen LogP contribution in [0.25, 0.3) is 5.65 Å². The van der Waals surface area contributed by atoms with Gasteiger partial charge in [-0.2, -0.15) is 0 Å². The van der Waals surface area contributed by atoms with Crippen molar-refractivity contribution in [3.05, 3.63) is 59.0 Å². The van der Waals surface area contributed by atoms with E-state index in [-0.39, 0.29) is 5.91 Å². The number of pyridine rings is 1. The van der Waals surface area contributed by atoms with Crippen LogP contribution in [0.5, 0.6) is 11.5 Å². The Kier molecular flexibility index (Phi) is 4.83. The number of nitrogens with zero attached hydrogens (tertiary/aromatic N) is 4. The third-order valence-electron chi connectivity index (χ3n) is 6.04. The Balaban J connectivity index is 1.23. The van der Waals surface area contributed by atoms with Gasteiger partial charge in [0.15, 0.2) is 11.5 Å². The Labute approximate surface area is 175 Å². The van der Waals surface area contributed by atoms with Gasteiger partial charge in [-0.15, -0.1) is 0 Å². The molecule has 0 atom stereocenters. The maximum Gasteiger partial charge on any atom is 0.255 e. The van der Waals surface area contributed by atoms with Crippen LogP contribution < -0.4 is 9.47 Å². The number of carbonyl (C=O) groups excluding carboxylic acids is 1. The van der Waals surface area contributed by atoms with Gasteiger partial charge in [0.05, 0.1) is 11.3 Å². The number of carbonyl (C=O) groups is 1. The van der Waals surface area contributed by atoms with E-state index in [4.69, 9.17) is 9.47 Å². The first-order chi connectivity index (χ1) is 14.6. The fraction of sp³-hybridized carbons (Fsp3) is 0.391. The zero-order valence-corrected chi connectivity index (χ0v) is 17.4. The summed E-state index contributed by atoms with van der Waals surface area (Å²) in [5, 5.41) is 0. The minimum Gasteiger partial charge on any atom is -0.454 e. The minimum atomic E-state index is 0.0887. The second-order valence-corrected chi connectivity index (χ2v) is 7.90. The molecular weight excluding hydrogens is 380 g/mol. The highest BCUT2D eigenvalue weighted by Crippen LogP contribution is 2.32. The number of imidazole rings is 1. The van der Waals surface area contributed by atoms with Gasteiger partial charge in [-0.05, 0) is 43.2 Å². The number of rotatable bonds is 4. The number of ether oxygens (including phenoxy) is 2. The molecule has 2 aromatic heterocycles. The Hall–Kier alpha value is -3.06. The minimum absolute atomic E-state index is 0.0887. The van der Waals surface area contributed by atoms with Gasteiger partial charge in [0.1, 0.15) is 5.65 Å². The molecule has 1 saturated heterocycles. The molecular formula is C23H26N4O3. The van der Waals surface area contributed by atoms with E-state index in [2.05, 4.69) is 29.8 Å². The lowest BCUT2D eigenvalue weighted by atomic mass is 10.1. The predicted molar refractivity (Wildman–Crippen MR) is 113 cm³/mol. The van der Waals surface area contributed by atoms with Crippen LogP contribution in [-0.4, -0.2) is 58.1 Å². The molecule has 0 saturated carbocycles. The first kappa shape index (κ1) is 18.9. The molecule has 7 nitrogen and oxygen atoms in total. The second kappa shape index (κ2) is 7.65. The molecule has 156 valence electrons. The largest absolute Gasteiger partial charge is 0.454 e. The number of aryl methyl sites for hydroxylation is 2. The molecule has 0 N–H and O–H groups in total. The lowest BCUT2D eigenvalue weighted by Gasteiger charge is -2.34. The zero-order chi connectivity index (χ0) is 20.7. The molecule has 0 spiro atoms. The normalized spacial score (nSPS) is 16.4. The van der Waals surface area contributed by atoms with Crippen molar-refractivity contribution in [3.8, 4) is 11.5 Å². The third kappa shape index (κ3) is 3.39. The molecule has 4 heterocycles. The molecule has 0 bridgehead atoms. The Morgan fingerprint density at radius 1 is 1.07 bits per heavy atom. The maximum atomic E-state index is 13.1. The number of aromatic nitrogens is 2. The van der Waals surface area contributed by atoms with Crippen molar-refractivity contribution in [1.29, 1.82) is 0 Å². The van der Waals surface area contributed by atoms with Crippen LogP contribution in [0.2, 0.25) is 0 Å². The van der Waals surface area contributed by atoms with E-state index >= 15 is 0 Å². The first-order valence-corrected chi connectivity index (χ1v) is 10.5. The highest BCUT2D eigenvalue weighted by Gasteiger charge is 2.23. The van der Waals surface area contributed by atoms with E-state index < -0.39 is 0 Å². The van der Waals surface area contributed by atoms with E-state index in [0.717, 1.165) is 73.2 Å². The molecule has 5 rings (SSSR count). The van der Waals surface area contributed by atoms with Crippen LogP contribution in [0.4, 0.5) is 0 Å². The predicted octanol–water partition coefficient (Wildman–Crippen LogP) is 2.89. The number of fused-ring (bicyclic) bond motifs is 2. The molecule has 0 aliphatic carbocycles. The Morgan fingerprint density at radius 3 is 2.67 bits per heavy atom.